The van der Waals surface area contributed by atoms with E-state index >= 15 is 0 Å². The second kappa shape index (κ2) is 6.59. The Labute approximate surface area is 124 Å². The molecule has 0 saturated carbocycles. The van der Waals surface area contributed by atoms with E-state index in [1.807, 2.05) is 0 Å². The summed E-state index contributed by atoms with van der Waals surface area (Å²) in [4.78, 5) is 5.03. The third-order valence-corrected chi connectivity index (χ3v) is 4.39. The minimum atomic E-state index is 0.522. The minimum absolute atomic E-state index is 0.522. The van der Waals surface area contributed by atoms with Crippen LogP contribution in [0, 0.1) is 0 Å². The smallest absolute Gasteiger partial charge is 0.0412 e. The van der Waals surface area contributed by atoms with E-state index in [0.29, 0.717) is 18.1 Å². The van der Waals surface area contributed by atoms with E-state index in [9.17, 15) is 0 Å². The fourth-order valence-corrected chi connectivity index (χ4v) is 2.88. The zero-order valence-corrected chi connectivity index (χ0v) is 13.6. The van der Waals surface area contributed by atoms with Crippen molar-refractivity contribution in [2.24, 2.45) is 0 Å². The average molecular weight is 275 g/mol. The molecular weight excluding hydrogens is 246 g/mol. The van der Waals surface area contributed by atoms with E-state index in [4.69, 9.17) is 0 Å². The van der Waals surface area contributed by atoms with Gasteiger partial charge in [-0.25, -0.2) is 0 Å². The van der Waals surface area contributed by atoms with Crippen LogP contribution in [0.5, 0.6) is 0 Å². The summed E-state index contributed by atoms with van der Waals surface area (Å²) in [6.07, 6.45) is 0. The zero-order chi connectivity index (χ0) is 14.7. The fraction of sp³-hybridized carbons (Fsp3) is 0.647. The quantitative estimate of drug-likeness (QED) is 0.911. The van der Waals surface area contributed by atoms with Gasteiger partial charge in [0.15, 0.2) is 0 Å². The summed E-state index contributed by atoms with van der Waals surface area (Å²) in [5.74, 6) is 0. The van der Waals surface area contributed by atoms with Crippen LogP contribution in [-0.2, 0) is 6.54 Å². The van der Waals surface area contributed by atoms with Crippen LogP contribution in [0.15, 0.2) is 24.3 Å². The van der Waals surface area contributed by atoms with Gasteiger partial charge in [-0.05, 0) is 32.5 Å². The van der Waals surface area contributed by atoms with Crippen molar-refractivity contribution in [3.8, 4) is 0 Å². The van der Waals surface area contributed by atoms with Crippen molar-refractivity contribution in [3.05, 3.63) is 29.8 Å². The number of benzene rings is 1. The summed E-state index contributed by atoms with van der Waals surface area (Å²) in [5.41, 5.74) is 2.80. The van der Waals surface area contributed by atoms with E-state index in [1.165, 1.54) is 11.3 Å². The van der Waals surface area contributed by atoms with E-state index in [-0.39, 0.29) is 0 Å². The molecule has 2 rings (SSSR count). The normalized spacial score (nSPS) is 24.4. The predicted molar refractivity (Wildman–Crippen MR) is 87.3 cm³/mol. The summed E-state index contributed by atoms with van der Waals surface area (Å²) in [5, 5.41) is 3.54. The molecule has 1 N–H and O–H groups in total. The molecule has 1 saturated heterocycles. The molecule has 1 aromatic carbocycles. The maximum atomic E-state index is 3.54. The van der Waals surface area contributed by atoms with Gasteiger partial charge in [0.1, 0.15) is 0 Å². The molecule has 1 aliphatic heterocycles. The van der Waals surface area contributed by atoms with Crippen LogP contribution in [0.2, 0.25) is 0 Å². The first-order chi connectivity index (χ1) is 9.49. The van der Waals surface area contributed by atoms with Crippen LogP contribution in [0.25, 0.3) is 0 Å². The predicted octanol–water partition coefficient (Wildman–Crippen LogP) is 2.71. The molecule has 2 atom stereocenters. The van der Waals surface area contributed by atoms with Crippen molar-refractivity contribution < 1.29 is 0 Å². The molecule has 3 nitrogen and oxygen atoms in total. The summed E-state index contributed by atoms with van der Waals surface area (Å²) in [6.45, 7) is 12.2. The molecule has 0 radical (unpaired) electrons. The molecule has 20 heavy (non-hydrogen) atoms. The van der Waals surface area contributed by atoms with Crippen molar-refractivity contribution >= 4 is 5.69 Å². The number of hydrogen-bond donors (Lipinski definition) is 1. The standard InChI is InChI=1S/C17H29N3/c1-13(2)18-10-16-8-6-7-9-17(16)20-11-14(3)19(5)15(4)12-20/h6-9,13-15,18H,10-12H2,1-5H3. The lowest BCUT2D eigenvalue weighted by Gasteiger charge is -2.44. The van der Waals surface area contributed by atoms with E-state index < -0.39 is 0 Å². The Hall–Kier alpha value is -1.06. The van der Waals surface area contributed by atoms with Gasteiger partial charge in [0.05, 0.1) is 0 Å². The van der Waals surface area contributed by atoms with E-state index in [1.54, 1.807) is 0 Å². The number of piperazine rings is 1. The lowest BCUT2D eigenvalue weighted by molar-refractivity contribution is 0.170. The zero-order valence-electron chi connectivity index (χ0n) is 13.6. The molecule has 1 heterocycles. The van der Waals surface area contributed by atoms with Gasteiger partial charge < -0.3 is 10.2 Å². The Morgan fingerprint density at radius 1 is 1.15 bits per heavy atom. The molecule has 112 valence electrons. The Balaban J connectivity index is 2.15. The number of rotatable bonds is 4. The number of hydrogen-bond acceptors (Lipinski definition) is 3. The molecule has 2 unspecified atom stereocenters. The third kappa shape index (κ3) is 3.53. The fourth-order valence-electron chi connectivity index (χ4n) is 2.88. The third-order valence-electron chi connectivity index (χ3n) is 4.39. The van der Waals surface area contributed by atoms with Crippen LogP contribution in [0.4, 0.5) is 5.69 Å². The molecule has 0 spiro atoms. The maximum Gasteiger partial charge on any atom is 0.0412 e. The molecule has 1 aliphatic rings. The lowest BCUT2D eigenvalue weighted by atomic mass is 10.1. The molecule has 0 aromatic heterocycles. The number of para-hydroxylation sites is 1. The van der Waals surface area contributed by atoms with Crippen LogP contribution in [0.1, 0.15) is 33.3 Å². The van der Waals surface area contributed by atoms with Crippen LogP contribution < -0.4 is 10.2 Å². The highest BCUT2D eigenvalue weighted by Crippen LogP contribution is 2.25. The largest absolute Gasteiger partial charge is 0.368 e. The van der Waals surface area contributed by atoms with Gasteiger partial charge in [-0.1, -0.05) is 32.0 Å². The molecule has 0 aliphatic carbocycles. The lowest BCUT2D eigenvalue weighted by Crippen LogP contribution is -2.55. The summed E-state index contributed by atoms with van der Waals surface area (Å²) < 4.78 is 0. The van der Waals surface area contributed by atoms with Crippen molar-refractivity contribution in [1.29, 1.82) is 0 Å². The van der Waals surface area contributed by atoms with Crippen LogP contribution >= 0.6 is 0 Å². The minimum Gasteiger partial charge on any atom is -0.368 e. The first kappa shape index (κ1) is 15.3. The van der Waals surface area contributed by atoms with Gasteiger partial charge in [-0.3, -0.25) is 4.90 Å². The molecule has 0 amide bonds. The first-order valence-electron chi connectivity index (χ1n) is 7.77. The van der Waals surface area contributed by atoms with Crippen molar-refractivity contribution in [2.45, 2.75) is 52.4 Å². The van der Waals surface area contributed by atoms with Crippen molar-refractivity contribution in [3.63, 3.8) is 0 Å². The summed E-state index contributed by atoms with van der Waals surface area (Å²) in [7, 11) is 2.24. The molecular formula is C17H29N3. The Kier molecular flexibility index (Phi) is 5.06. The first-order valence-corrected chi connectivity index (χ1v) is 7.77. The van der Waals surface area contributed by atoms with Crippen LogP contribution in [0.3, 0.4) is 0 Å². The van der Waals surface area contributed by atoms with Crippen molar-refractivity contribution in [1.82, 2.24) is 10.2 Å². The number of likely N-dealkylation sites (N-methyl/N-ethyl adjacent to an activating group) is 1. The van der Waals surface area contributed by atoms with Gasteiger partial charge in [0.2, 0.25) is 0 Å². The second-order valence-corrected chi connectivity index (χ2v) is 6.43. The average Bonchev–Trinajstić information content (AvgIpc) is 2.42. The molecule has 0 bridgehead atoms. The highest BCUT2D eigenvalue weighted by atomic mass is 15.3. The number of anilines is 1. The van der Waals surface area contributed by atoms with Gasteiger partial charge >= 0.3 is 0 Å². The number of nitrogens with one attached hydrogen (secondary N) is 1. The number of nitrogens with zero attached hydrogens (tertiary/aromatic N) is 2. The highest BCUT2D eigenvalue weighted by Gasteiger charge is 2.27. The van der Waals surface area contributed by atoms with E-state index in [2.05, 4.69) is 74.1 Å². The van der Waals surface area contributed by atoms with E-state index in [0.717, 1.165) is 19.6 Å². The molecule has 3 heteroatoms. The second-order valence-electron chi connectivity index (χ2n) is 6.43. The SMILES string of the molecule is CC(C)NCc1ccccc1N1CC(C)N(C)C(C)C1. The van der Waals surface area contributed by atoms with Gasteiger partial charge in [0.25, 0.3) is 0 Å². The van der Waals surface area contributed by atoms with Gasteiger partial charge in [-0.15, -0.1) is 0 Å². The Bertz CT molecular complexity index is 418. The Morgan fingerprint density at radius 2 is 1.75 bits per heavy atom. The summed E-state index contributed by atoms with van der Waals surface area (Å²) in [6, 6.07) is 10.5. The van der Waals surface area contributed by atoms with Crippen molar-refractivity contribution in [2.75, 3.05) is 25.0 Å². The maximum absolute atomic E-state index is 3.54. The monoisotopic (exact) mass is 275 g/mol. The van der Waals surface area contributed by atoms with Gasteiger partial charge in [0, 0.05) is 43.4 Å². The summed E-state index contributed by atoms with van der Waals surface area (Å²) >= 11 is 0. The topological polar surface area (TPSA) is 18.5 Å². The molecule has 1 aromatic rings. The van der Waals surface area contributed by atoms with Gasteiger partial charge in [-0.2, -0.15) is 0 Å². The highest BCUT2D eigenvalue weighted by molar-refractivity contribution is 5.54. The van der Waals surface area contributed by atoms with Crippen LogP contribution in [-0.4, -0.2) is 43.2 Å². The Morgan fingerprint density at radius 3 is 2.35 bits per heavy atom. The molecule has 1 fully saturated rings.